The van der Waals surface area contributed by atoms with E-state index in [-0.39, 0.29) is 11.9 Å². The predicted molar refractivity (Wildman–Crippen MR) is 61.9 cm³/mol. The van der Waals surface area contributed by atoms with Crippen LogP contribution in [0.2, 0.25) is 0 Å². The maximum absolute atomic E-state index is 10.9. The van der Waals surface area contributed by atoms with Crippen LogP contribution < -0.4 is 5.32 Å². The minimum Gasteiger partial charge on any atom is -0.349 e. The van der Waals surface area contributed by atoms with Gasteiger partial charge >= 0.3 is 0 Å². The van der Waals surface area contributed by atoms with Crippen LogP contribution in [0, 0.1) is 0 Å². The molecule has 3 heteroatoms. The zero-order valence-electron chi connectivity index (χ0n) is 7.46. The first-order valence-electron chi connectivity index (χ1n) is 4.12. The first kappa shape index (κ1) is 10.5. The van der Waals surface area contributed by atoms with E-state index < -0.39 is 0 Å². The Bertz CT molecular complexity index is 274. The predicted octanol–water partition coefficient (Wildman–Crippen LogP) is 2.30. The van der Waals surface area contributed by atoms with E-state index in [0.717, 1.165) is 9.99 Å². The Kier molecular flexibility index (Phi) is 4.21. The molecular weight excluding hydrogens is 277 g/mol. The zero-order valence-corrected chi connectivity index (χ0v) is 9.61. The van der Waals surface area contributed by atoms with E-state index in [9.17, 15) is 4.79 Å². The molecule has 1 atom stereocenters. The fraction of sp³-hybridized carbons (Fsp3) is 0.300. The molecule has 0 aliphatic rings. The van der Waals surface area contributed by atoms with E-state index in [2.05, 4.69) is 27.9 Å². The summed E-state index contributed by atoms with van der Waals surface area (Å²) in [5, 5.41) is 2.90. The molecular formula is C10H12INO. The van der Waals surface area contributed by atoms with Crippen LogP contribution in [0.4, 0.5) is 0 Å². The summed E-state index contributed by atoms with van der Waals surface area (Å²) in [4.78, 5) is 10.9. The van der Waals surface area contributed by atoms with Gasteiger partial charge in [-0.15, -0.1) is 0 Å². The Morgan fingerprint density at radius 3 is 2.54 bits per heavy atom. The number of hydrogen-bond acceptors (Lipinski definition) is 1. The van der Waals surface area contributed by atoms with Crippen molar-refractivity contribution >= 4 is 28.5 Å². The second-order valence-electron chi connectivity index (χ2n) is 2.82. The average molecular weight is 289 g/mol. The molecule has 0 aliphatic heterocycles. The lowest BCUT2D eigenvalue weighted by Gasteiger charge is -2.14. The summed E-state index contributed by atoms with van der Waals surface area (Å²) in [5.41, 5.74) is 1.16. The van der Waals surface area contributed by atoms with E-state index in [1.165, 1.54) is 0 Å². The van der Waals surface area contributed by atoms with Gasteiger partial charge in [0.2, 0.25) is 5.91 Å². The Morgan fingerprint density at radius 2 is 2.08 bits per heavy atom. The van der Waals surface area contributed by atoms with Crippen molar-refractivity contribution in [2.75, 3.05) is 4.43 Å². The molecule has 1 rings (SSSR count). The molecule has 1 amide bonds. The molecule has 0 saturated heterocycles. The van der Waals surface area contributed by atoms with Crippen LogP contribution in [-0.2, 0) is 4.79 Å². The first-order valence-corrected chi connectivity index (χ1v) is 5.64. The molecule has 0 aliphatic carbocycles. The quantitative estimate of drug-likeness (QED) is 0.671. The molecule has 0 radical (unpaired) electrons. The molecule has 2 nitrogen and oxygen atoms in total. The van der Waals surface area contributed by atoms with Crippen molar-refractivity contribution in [1.82, 2.24) is 5.32 Å². The van der Waals surface area contributed by atoms with Gasteiger partial charge in [-0.3, -0.25) is 4.79 Å². The fourth-order valence-electron chi connectivity index (χ4n) is 1.14. The molecule has 0 fully saturated rings. The molecule has 0 unspecified atom stereocenters. The lowest BCUT2D eigenvalue weighted by molar-refractivity contribution is -0.119. The fourth-order valence-corrected chi connectivity index (χ4v) is 1.87. The SMILES string of the molecule is CC(=O)N[C@@H](CI)c1ccccc1. The molecule has 13 heavy (non-hydrogen) atoms. The largest absolute Gasteiger partial charge is 0.349 e. The van der Waals surface area contributed by atoms with E-state index in [0.29, 0.717) is 0 Å². The lowest BCUT2D eigenvalue weighted by atomic mass is 10.1. The number of carbonyl (C=O) groups is 1. The van der Waals surface area contributed by atoms with Gasteiger partial charge < -0.3 is 5.32 Å². The summed E-state index contributed by atoms with van der Waals surface area (Å²) in [7, 11) is 0. The van der Waals surface area contributed by atoms with Crippen LogP contribution in [-0.4, -0.2) is 10.3 Å². The molecule has 70 valence electrons. The highest BCUT2D eigenvalue weighted by Crippen LogP contribution is 2.14. The number of nitrogens with one attached hydrogen (secondary N) is 1. The minimum absolute atomic E-state index is 0.0190. The molecule has 1 aromatic rings. The summed E-state index contributed by atoms with van der Waals surface area (Å²) < 4.78 is 0.890. The average Bonchev–Trinajstić information content (AvgIpc) is 2.15. The Balaban J connectivity index is 2.73. The Morgan fingerprint density at radius 1 is 1.46 bits per heavy atom. The molecule has 0 spiro atoms. The lowest BCUT2D eigenvalue weighted by Crippen LogP contribution is -2.26. The van der Waals surface area contributed by atoms with Crippen LogP contribution in [0.5, 0.6) is 0 Å². The van der Waals surface area contributed by atoms with Gasteiger partial charge in [-0.25, -0.2) is 0 Å². The van der Waals surface area contributed by atoms with Gasteiger partial charge in [0.25, 0.3) is 0 Å². The van der Waals surface area contributed by atoms with Crippen molar-refractivity contribution in [1.29, 1.82) is 0 Å². The van der Waals surface area contributed by atoms with Crippen LogP contribution in [0.3, 0.4) is 0 Å². The summed E-state index contributed by atoms with van der Waals surface area (Å²) >= 11 is 2.27. The number of amides is 1. The molecule has 1 N–H and O–H groups in total. The number of rotatable bonds is 3. The first-order chi connectivity index (χ1) is 6.24. The van der Waals surface area contributed by atoms with Crippen LogP contribution >= 0.6 is 22.6 Å². The van der Waals surface area contributed by atoms with E-state index in [1.807, 2.05) is 30.3 Å². The van der Waals surface area contributed by atoms with Crippen molar-refractivity contribution in [3.05, 3.63) is 35.9 Å². The zero-order chi connectivity index (χ0) is 9.68. The summed E-state index contributed by atoms with van der Waals surface area (Å²) in [6.45, 7) is 1.54. The summed E-state index contributed by atoms with van der Waals surface area (Å²) in [6, 6.07) is 10.1. The number of carbonyl (C=O) groups excluding carboxylic acids is 1. The highest BCUT2D eigenvalue weighted by atomic mass is 127. The van der Waals surface area contributed by atoms with Crippen molar-refractivity contribution < 1.29 is 4.79 Å². The van der Waals surface area contributed by atoms with Crippen LogP contribution in [0.15, 0.2) is 30.3 Å². The summed E-state index contributed by atoms with van der Waals surface area (Å²) in [5.74, 6) is 0.0190. The van der Waals surface area contributed by atoms with Gasteiger partial charge in [0.05, 0.1) is 6.04 Å². The molecule has 0 heterocycles. The van der Waals surface area contributed by atoms with Crippen LogP contribution in [0.1, 0.15) is 18.5 Å². The number of alkyl halides is 1. The monoisotopic (exact) mass is 289 g/mol. The summed E-state index contributed by atoms with van der Waals surface area (Å²) in [6.07, 6.45) is 0. The second-order valence-corrected chi connectivity index (χ2v) is 3.70. The molecule has 0 aromatic heterocycles. The van der Waals surface area contributed by atoms with Gasteiger partial charge in [-0.2, -0.15) is 0 Å². The van der Waals surface area contributed by atoms with Crippen molar-refractivity contribution in [2.45, 2.75) is 13.0 Å². The van der Waals surface area contributed by atoms with Gasteiger partial charge in [-0.1, -0.05) is 52.9 Å². The Hall–Kier alpha value is -0.580. The highest BCUT2D eigenvalue weighted by molar-refractivity contribution is 14.1. The van der Waals surface area contributed by atoms with E-state index in [1.54, 1.807) is 6.92 Å². The third-order valence-electron chi connectivity index (χ3n) is 1.73. The molecule has 0 saturated carbocycles. The van der Waals surface area contributed by atoms with Crippen LogP contribution in [0.25, 0.3) is 0 Å². The van der Waals surface area contributed by atoms with Crippen molar-refractivity contribution in [3.8, 4) is 0 Å². The molecule has 1 aromatic carbocycles. The third kappa shape index (κ3) is 3.34. The van der Waals surface area contributed by atoms with Gasteiger partial charge in [-0.05, 0) is 5.56 Å². The maximum Gasteiger partial charge on any atom is 0.217 e. The minimum atomic E-state index is 0.0190. The normalized spacial score (nSPS) is 12.2. The van der Waals surface area contributed by atoms with Gasteiger partial charge in [0.15, 0.2) is 0 Å². The number of hydrogen-bond donors (Lipinski definition) is 1. The van der Waals surface area contributed by atoms with Gasteiger partial charge in [0, 0.05) is 11.4 Å². The van der Waals surface area contributed by atoms with E-state index >= 15 is 0 Å². The van der Waals surface area contributed by atoms with E-state index in [4.69, 9.17) is 0 Å². The molecule has 0 bridgehead atoms. The number of benzene rings is 1. The number of halogens is 1. The second kappa shape index (κ2) is 5.21. The topological polar surface area (TPSA) is 29.1 Å². The third-order valence-corrected chi connectivity index (χ3v) is 2.61. The smallest absolute Gasteiger partial charge is 0.217 e. The van der Waals surface area contributed by atoms with Crippen molar-refractivity contribution in [2.24, 2.45) is 0 Å². The standard InChI is InChI=1S/C10H12INO/c1-8(13)12-10(7-11)9-5-3-2-4-6-9/h2-6,10H,7H2,1H3,(H,12,13)/t10-/m0/s1. The van der Waals surface area contributed by atoms with Gasteiger partial charge in [0.1, 0.15) is 0 Å². The maximum atomic E-state index is 10.9. The highest BCUT2D eigenvalue weighted by Gasteiger charge is 2.09. The Labute approximate surface area is 91.9 Å². The van der Waals surface area contributed by atoms with Crippen molar-refractivity contribution in [3.63, 3.8) is 0 Å².